The number of aromatic hydroxyl groups is 1. The SMILES string of the molecule is O=C1c2cccc3cccc(c23)C(=O)N1/N=C/c1cc(Cl)cc(Cl)c1O. The van der Waals surface area contributed by atoms with Crippen LogP contribution < -0.4 is 0 Å². The van der Waals surface area contributed by atoms with Gasteiger partial charge in [0, 0.05) is 16.0 Å². The molecule has 0 saturated heterocycles. The predicted molar refractivity (Wildman–Crippen MR) is 100 cm³/mol. The van der Waals surface area contributed by atoms with Crippen molar-refractivity contribution in [3.05, 3.63) is 75.3 Å². The molecule has 0 spiro atoms. The zero-order valence-corrected chi connectivity index (χ0v) is 14.6. The fourth-order valence-electron chi connectivity index (χ4n) is 2.93. The Morgan fingerprint density at radius 3 is 2.19 bits per heavy atom. The van der Waals surface area contributed by atoms with Crippen molar-refractivity contribution in [3.8, 4) is 5.75 Å². The minimum atomic E-state index is -0.539. The smallest absolute Gasteiger partial charge is 0.282 e. The van der Waals surface area contributed by atoms with E-state index in [-0.39, 0.29) is 16.3 Å². The van der Waals surface area contributed by atoms with Gasteiger partial charge in [-0.25, -0.2) is 0 Å². The lowest BCUT2D eigenvalue weighted by Gasteiger charge is -2.23. The van der Waals surface area contributed by atoms with E-state index in [1.165, 1.54) is 18.3 Å². The lowest BCUT2D eigenvalue weighted by molar-refractivity contribution is 0.0616. The number of rotatable bonds is 2. The summed E-state index contributed by atoms with van der Waals surface area (Å²) in [6.07, 6.45) is 1.18. The van der Waals surface area contributed by atoms with Crippen LogP contribution in [0.4, 0.5) is 0 Å². The van der Waals surface area contributed by atoms with Crippen LogP contribution in [0.1, 0.15) is 26.3 Å². The third-order valence-electron chi connectivity index (χ3n) is 4.12. The van der Waals surface area contributed by atoms with Crippen LogP contribution in [0.5, 0.6) is 5.75 Å². The van der Waals surface area contributed by atoms with Crippen LogP contribution in [-0.4, -0.2) is 28.1 Å². The van der Waals surface area contributed by atoms with E-state index in [0.29, 0.717) is 21.5 Å². The van der Waals surface area contributed by atoms with E-state index in [1.54, 1.807) is 24.3 Å². The van der Waals surface area contributed by atoms with Gasteiger partial charge < -0.3 is 5.11 Å². The van der Waals surface area contributed by atoms with E-state index in [0.717, 1.165) is 10.4 Å². The average molecular weight is 385 g/mol. The Morgan fingerprint density at radius 2 is 1.58 bits per heavy atom. The van der Waals surface area contributed by atoms with E-state index in [2.05, 4.69) is 5.10 Å². The Kier molecular flexibility index (Phi) is 3.90. The summed E-state index contributed by atoms with van der Waals surface area (Å²) < 4.78 is 0. The first kappa shape index (κ1) is 16.6. The maximum absolute atomic E-state index is 12.7. The summed E-state index contributed by atoms with van der Waals surface area (Å²) >= 11 is 11.8. The summed E-state index contributed by atoms with van der Waals surface area (Å²) in [5, 5.41) is 16.5. The van der Waals surface area contributed by atoms with Crippen molar-refractivity contribution in [2.45, 2.75) is 0 Å². The second-order valence-corrected chi connectivity index (χ2v) is 6.55. The van der Waals surface area contributed by atoms with Crippen molar-refractivity contribution in [2.24, 2.45) is 5.10 Å². The molecule has 0 radical (unpaired) electrons. The molecular weight excluding hydrogens is 375 g/mol. The summed E-state index contributed by atoms with van der Waals surface area (Å²) in [4.78, 5) is 25.5. The molecule has 0 aromatic heterocycles. The minimum Gasteiger partial charge on any atom is -0.506 e. The molecule has 26 heavy (non-hydrogen) atoms. The number of benzene rings is 3. The van der Waals surface area contributed by atoms with Crippen LogP contribution in [0.2, 0.25) is 10.0 Å². The number of hydrogen-bond acceptors (Lipinski definition) is 4. The molecule has 128 valence electrons. The maximum atomic E-state index is 12.7. The monoisotopic (exact) mass is 384 g/mol. The molecule has 7 heteroatoms. The molecule has 5 nitrogen and oxygen atoms in total. The van der Waals surface area contributed by atoms with Crippen LogP contribution >= 0.6 is 23.2 Å². The highest BCUT2D eigenvalue weighted by atomic mass is 35.5. The second kappa shape index (κ2) is 6.12. The quantitative estimate of drug-likeness (QED) is 0.522. The van der Waals surface area contributed by atoms with Crippen molar-refractivity contribution in [1.82, 2.24) is 5.01 Å². The first-order chi connectivity index (χ1) is 12.5. The van der Waals surface area contributed by atoms with Crippen LogP contribution in [0, 0.1) is 0 Å². The van der Waals surface area contributed by atoms with E-state index in [4.69, 9.17) is 23.2 Å². The molecule has 0 bridgehead atoms. The lowest BCUT2D eigenvalue weighted by Crippen LogP contribution is -2.36. The molecule has 0 atom stereocenters. The highest BCUT2D eigenvalue weighted by molar-refractivity contribution is 6.36. The van der Waals surface area contributed by atoms with Gasteiger partial charge in [-0.05, 0) is 29.7 Å². The van der Waals surface area contributed by atoms with Gasteiger partial charge in [-0.2, -0.15) is 10.1 Å². The second-order valence-electron chi connectivity index (χ2n) is 5.70. The molecule has 0 aliphatic carbocycles. The summed E-state index contributed by atoms with van der Waals surface area (Å²) in [5.74, 6) is -1.31. The standard InChI is InChI=1S/C19H10Cl2N2O3/c20-12-7-11(17(24)15(21)8-12)9-22-23-18(25)13-5-1-3-10-4-2-6-14(16(10)13)19(23)26/h1-9,24H/b22-9+. The van der Waals surface area contributed by atoms with Gasteiger partial charge in [0.15, 0.2) is 0 Å². The van der Waals surface area contributed by atoms with E-state index in [9.17, 15) is 14.7 Å². The fourth-order valence-corrected chi connectivity index (χ4v) is 3.44. The molecule has 1 aliphatic rings. The molecule has 1 N–H and O–H groups in total. The van der Waals surface area contributed by atoms with Crippen LogP contribution in [0.3, 0.4) is 0 Å². The van der Waals surface area contributed by atoms with Gasteiger partial charge in [0.1, 0.15) is 5.75 Å². The zero-order valence-electron chi connectivity index (χ0n) is 13.1. The maximum Gasteiger partial charge on any atom is 0.282 e. The minimum absolute atomic E-state index is 0.0466. The molecule has 1 heterocycles. The number of hydrazone groups is 1. The highest BCUT2D eigenvalue weighted by Crippen LogP contribution is 2.32. The first-order valence-corrected chi connectivity index (χ1v) is 8.35. The molecule has 0 unspecified atom stereocenters. The molecule has 1 aliphatic heterocycles. The van der Waals surface area contributed by atoms with Gasteiger partial charge in [0.05, 0.1) is 22.4 Å². The number of amides is 2. The van der Waals surface area contributed by atoms with Crippen molar-refractivity contribution in [2.75, 3.05) is 0 Å². The molecule has 2 amide bonds. The molecule has 3 aromatic carbocycles. The van der Waals surface area contributed by atoms with Crippen molar-refractivity contribution >= 4 is 52.0 Å². The Morgan fingerprint density at radius 1 is 0.962 bits per heavy atom. The molecular formula is C19H10Cl2N2O3. The number of hydrogen-bond donors (Lipinski definition) is 1. The molecule has 0 fully saturated rings. The molecule has 0 saturated carbocycles. The third kappa shape index (κ3) is 2.53. The Hall–Kier alpha value is -2.89. The number of carbonyl (C=O) groups excluding carboxylic acids is 2. The van der Waals surface area contributed by atoms with Gasteiger partial charge in [-0.15, -0.1) is 0 Å². The number of phenolic OH excluding ortho intramolecular Hbond substituents is 1. The lowest BCUT2D eigenvalue weighted by atomic mass is 9.95. The van der Waals surface area contributed by atoms with Gasteiger partial charge in [-0.1, -0.05) is 47.5 Å². The van der Waals surface area contributed by atoms with E-state index >= 15 is 0 Å². The predicted octanol–water partition coefficient (Wildman–Crippen LogP) is 4.48. The summed E-state index contributed by atoms with van der Waals surface area (Å²) in [5.41, 5.74) is 0.978. The van der Waals surface area contributed by atoms with Crippen molar-refractivity contribution in [1.29, 1.82) is 0 Å². The van der Waals surface area contributed by atoms with Gasteiger partial charge in [0.2, 0.25) is 0 Å². The van der Waals surface area contributed by atoms with Crippen molar-refractivity contribution < 1.29 is 14.7 Å². The Bertz CT molecular complexity index is 1070. The topological polar surface area (TPSA) is 70.0 Å². The number of phenols is 1. The average Bonchev–Trinajstić information content (AvgIpc) is 2.63. The summed E-state index contributed by atoms with van der Waals surface area (Å²) in [6, 6.07) is 13.3. The van der Waals surface area contributed by atoms with Gasteiger partial charge in [-0.3, -0.25) is 9.59 Å². The zero-order chi connectivity index (χ0) is 18.4. The highest BCUT2D eigenvalue weighted by Gasteiger charge is 2.32. The van der Waals surface area contributed by atoms with Crippen LogP contribution in [0.25, 0.3) is 10.8 Å². The summed E-state index contributed by atoms with van der Waals surface area (Å²) in [7, 11) is 0. The van der Waals surface area contributed by atoms with Gasteiger partial charge >= 0.3 is 0 Å². The molecule has 4 rings (SSSR count). The van der Waals surface area contributed by atoms with E-state index in [1.807, 2.05) is 12.1 Å². The van der Waals surface area contributed by atoms with Crippen LogP contribution in [-0.2, 0) is 0 Å². The normalized spacial score (nSPS) is 13.8. The Labute approximate surface area is 158 Å². The summed E-state index contributed by atoms with van der Waals surface area (Å²) in [6.45, 7) is 0. The van der Waals surface area contributed by atoms with Crippen molar-refractivity contribution in [3.63, 3.8) is 0 Å². The van der Waals surface area contributed by atoms with Crippen LogP contribution in [0.15, 0.2) is 53.6 Å². The Balaban J connectivity index is 1.80. The largest absolute Gasteiger partial charge is 0.506 e. The third-order valence-corrected chi connectivity index (χ3v) is 4.63. The number of nitrogens with zero attached hydrogens (tertiary/aromatic N) is 2. The number of imide groups is 1. The fraction of sp³-hybridized carbons (Fsp3) is 0. The number of carbonyl (C=O) groups is 2. The number of halogens is 2. The van der Waals surface area contributed by atoms with Gasteiger partial charge in [0.25, 0.3) is 11.8 Å². The first-order valence-electron chi connectivity index (χ1n) is 7.60. The van der Waals surface area contributed by atoms with E-state index < -0.39 is 11.8 Å². The molecule has 3 aromatic rings.